The van der Waals surface area contributed by atoms with E-state index in [2.05, 4.69) is 0 Å². The predicted molar refractivity (Wildman–Crippen MR) is 117 cm³/mol. The molecule has 6 heteroatoms. The van der Waals surface area contributed by atoms with Crippen molar-refractivity contribution in [2.45, 2.75) is 45.3 Å². The molecule has 0 radical (unpaired) electrons. The minimum absolute atomic E-state index is 0.0700. The molecule has 1 amide bonds. The number of hydrogen-bond donors (Lipinski definition) is 1. The van der Waals surface area contributed by atoms with Gasteiger partial charge in [-0.15, -0.1) is 0 Å². The third kappa shape index (κ3) is 3.67. The van der Waals surface area contributed by atoms with Gasteiger partial charge in [0.25, 0.3) is 11.7 Å². The van der Waals surface area contributed by atoms with Crippen LogP contribution in [0.25, 0.3) is 5.76 Å². The summed E-state index contributed by atoms with van der Waals surface area (Å²) in [5.41, 5.74) is 2.26. The van der Waals surface area contributed by atoms with Crippen molar-refractivity contribution in [3.8, 4) is 11.5 Å². The zero-order chi connectivity index (χ0) is 22.1. The fraction of sp³-hybridized carbons (Fsp3) is 0.360. The Morgan fingerprint density at radius 1 is 1.23 bits per heavy atom. The Morgan fingerprint density at radius 3 is 2.74 bits per heavy atom. The smallest absolute Gasteiger partial charge is 0.295 e. The number of carbonyl (C=O) groups excluding carboxylic acids is 2. The highest BCUT2D eigenvalue weighted by atomic mass is 16.5. The third-order valence-corrected chi connectivity index (χ3v) is 5.90. The first kappa shape index (κ1) is 21.0. The number of aliphatic hydroxyl groups is 1. The molecule has 4 rings (SSSR count). The standard InChI is InChI=1S/C25H27NO5/c1-4-5-12-26-22(18-8-6-7-9-20(18)30-3)21(24(28)25(26)29)23(27)16-10-11-19-17(14-16)13-15(2)31-19/h6-11,14-15,22,27H,4-5,12-13H2,1-3H3/b23-21+. The summed E-state index contributed by atoms with van der Waals surface area (Å²) in [7, 11) is 1.55. The summed E-state index contributed by atoms with van der Waals surface area (Å²) in [6.07, 6.45) is 2.44. The van der Waals surface area contributed by atoms with E-state index in [4.69, 9.17) is 9.47 Å². The van der Waals surface area contributed by atoms with Crippen LogP contribution in [0.15, 0.2) is 48.0 Å². The molecule has 0 bridgehead atoms. The Balaban J connectivity index is 1.86. The summed E-state index contributed by atoms with van der Waals surface area (Å²) in [5, 5.41) is 11.2. The van der Waals surface area contributed by atoms with Crippen LogP contribution in [-0.2, 0) is 16.0 Å². The Hall–Kier alpha value is -3.28. The number of carbonyl (C=O) groups is 2. The first-order valence-corrected chi connectivity index (χ1v) is 10.7. The summed E-state index contributed by atoms with van der Waals surface area (Å²) in [5.74, 6) is -0.0824. The number of fused-ring (bicyclic) bond motifs is 1. The van der Waals surface area contributed by atoms with Crippen LogP contribution in [0.4, 0.5) is 0 Å². The second kappa shape index (κ2) is 8.46. The molecule has 1 saturated heterocycles. The van der Waals surface area contributed by atoms with Gasteiger partial charge < -0.3 is 19.5 Å². The Kier molecular flexibility index (Phi) is 5.72. The van der Waals surface area contributed by atoms with Crippen molar-refractivity contribution in [3.63, 3.8) is 0 Å². The Bertz CT molecular complexity index is 1060. The Morgan fingerprint density at radius 2 is 2.00 bits per heavy atom. The molecule has 2 atom stereocenters. The normalized spacial score (nSPS) is 21.8. The minimum Gasteiger partial charge on any atom is -0.507 e. The number of benzene rings is 2. The lowest BCUT2D eigenvalue weighted by Gasteiger charge is -2.26. The summed E-state index contributed by atoms with van der Waals surface area (Å²) in [4.78, 5) is 27.6. The van der Waals surface area contributed by atoms with Gasteiger partial charge in [-0.2, -0.15) is 0 Å². The second-order valence-corrected chi connectivity index (χ2v) is 8.04. The van der Waals surface area contributed by atoms with E-state index in [1.54, 1.807) is 30.2 Å². The van der Waals surface area contributed by atoms with Crippen molar-refractivity contribution < 1.29 is 24.2 Å². The van der Waals surface area contributed by atoms with Gasteiger partial charge in [-0.1, -0.05) is 31.5 Å². The molecule has 162 valence electrons. The number of unbranched alkanes of at least 4 members (excludes halogenated alkanes) is 1. The number of rotatable bonds is 6. The van der Waals surface area contributed by atoms with Crippen LogP contribution in [0.1, 0.15) is 49.4 Å². The molecule has 2 unspecified atom stereocenters. The summed E-state index contributed by atoms with van der Waals surface area (Å²) in [6.45, 7) is 4.44. The molecule has 2 aromatic rings. The lowest BCUT2D eigenvalue weighted by molar-refractivity contribution is -0.139. The number of Topliss-reactive ketones (excluding diaryl/α,β-unsaturated/α-hetero) is 1. The third-order valence-electron chi connectivity index (χ3n) is 5.90. The number of likely N-dealkylation sites (tertiary alicyclic amines) is 1. The van der Waals surface area contributed by atoms with Crippen LogP contribution in [0.3, 0.4) is 0 Å². The van der Waals surface area contributed by atoms with E-state index in [-0.39, 0.29) is 17.4 Å². The highest BCUT2D eigenvalue weighted by molar-refractivity contribution is 6.46. The van der Waals surface area contributed by atoms with E-state index in [9.17, 15) is 14.7 Å². The molecule has 0 spiro atoms. The van der Waals surface area contributed by atoms with Crippen molar-refractivity contribution in [1.82, 2.24) is 4.90 Å². The van der Waals surface area contributed by atoms with E-state index >= 15 is 0 Å². The largest absolute Gasteiger partial charge is 0.507 e. The van der Waals surface area contributed by atoms with Crippen LogP contribution in [0, 0.1) is 0 Å². The van der Waals surface area contributed by atoms with E-state index in [0.717, 1.165) is 30.6 Å². The number of amides is 1. The molecule has 31 heavy (non-hydrogen) atoms. The van der Waals surface area contributed by atoms with Gasteiger partial charge in [0.1, 0.15) is 23.4 Å². The maximum absolute atomic E-state index is 13.1. The zero-order valence-electron chi connectivity index (χ0n) is 18.1. The first-order valence-electron chi connectivity index (χ1n) is 10.7. The van der Waals surface area contributed by atoms with Crippen LogP contribution in [0.2, 0.25) is 0 Å². The maximum atomic E-state index is 13.1. The monoisotopic (exact) mass is 421 g/mol. The summed E-state index contributed by atoms with van der Waals surface area (Å²) in [6, 6.07) is 12.0. The highest BCUT2D eigenvalue weighted by Crippen LogP contribution is 2.43. The molecule has 2 aromatic carbocycles. The van der Waals surface area contributed by atoms with E-state index in [1.165, 1.54) is 0 Å². The molecule has 0 saturated carbocycles. The lowest BCUT2D eigenvalue weighted by Crippen LogP contribution is -2.30. The molecule has 6 nitrogen and oxygen atoms in total. The van der Waals surface area contributed by atoms with Crippen LogP contribution in [-0.4, -0.2) is 41.5 Å². The topological polar surface area (TPSA) is 76.1 Å². The number of methoxy groups -OCH3 is 1. The van der Waals surface area contributed by atoms with Gasteiger partial charge in [0, 0.05) is 24.1 Å². The maximum Gasteiger partial charge on any atom is 0.295 e. The van der Waals surface area contributed by atoms with E-state index in [0.29, 0.717) is 23.4 Å². The van der Waals surface area contributed by atoms with Crippen LogP contribution >= 0.6 is 0 Å². The molecule has 2 aliphatic heterocycles. The lowest BCUT2D eigenvalue weighted by atomic mass is 9.94. The molecular weight excluding hydrogens is 394 g/mol. The average molecular weight is 421 g/mol. The predicted octanol–water partition coefficient (Wildman–Crippen LogP) is 4.24. The molecular formula is C25H27NO5. The second-order valence-electron chi connectivity index (χ2n) is 8.04. The number of nitrogens with zero attached hydrogens (tertiary/aromatic N) is 1. The van der Waals surface area contributed by atoms with Gasteiger partial charge in [-0.25, -0.2) is 0 Å². The summed E-state index contributed by atoms with van der Waals surface area (Å²) >= 11 is 0. The molecule has 2 heterocycles. The molecule has 0 aliphatic carbocycles. The van der Waals surface area contributed by atoms with Crippen LogP contribution < -0.4 is 9.47 Å². The van der Waals surface area contributed by atoms with Gasteiger partial charge in [0.2, 0.25) is 0 Å². The van der Waals surface area contributed by atoms with Crippen molar-refractivity contribution in [3.05, 3.63) is 64.7 Å². The molecule has 2 aliphatic rings. The van der Waals surface area contributed by atoms with E-state index in [1.807, 2.05) is 38.1 Å². The van der Waals surface area contributed by atoms with Gasteiger partial charge in [-0.3, -0.25) is 9.59 Å². The fourth-order valence-electron chi connectivity index (χ4n) is 4.38. The zero-order valence-corrected chi connectivity index (χ0v) is 18.1. The highest BCUT2D eigenvalue weighted by Gasteiger charge is 2.46. The molecule has 0 aromatic heterocycles. The van der Waals surface area contributed by atoms with Gasteiger partial charge >= 0.3 is 0 Å². The first-order chi connectivity index (χ1) is 15.0. The number of para-hydroxylation sites is 1. The SMILES string of the molecule is CCCCN1C(=O)C(=O)/C(=C(/O)c2ccc3c(c2)CC(C)O3)C1c1ccccc1OC. The summed E-state index contributed by atoms with van der Waals surface area (Å²) < 4.78 is 11.3. The van der Waals surface area contributed by atoms with E-state index < -0.39 is 17.7 Å². The van der Waals surface area contributed by atoms with Crippen LogP contribution in [0.5, 0.6) is 11.5 Å². The van der Waals surface area contributed by atoms with Gasteiger partial charge in [0.15, 0.2) is 0 Å². The number of hydrogen-bond acceptors (Lipinski definition) is 5. The number of ether oxygens (including phenoxy) is 2. The quantitative estimate of drug-likeness (QED) is 0.429. The van der Waals surface area contributed by atoms with Gasteiger partial charge in [0.05, 0.1) is 18.7 Å². The number of aliphatic hydroxyl groups excluding tert-OH is 1. The average Bonchev–Trinajstić information content (AvgIpc) is 3.27. The molecule has 1 fully saturated rings. The minimum atomic E-state index is -0.703. The Labute approximate surface area is 182 Å². The number of ketones is 1. The van der Waals surface area contributed by atoms with Crippen molar-refractivity contribution in [1.29, 1.82) is 0 Å². The van der Waals surface area contributed by atoms with Crippen molar-refractivity contribution in [2.75, 3.05) is 13.7 Å². The molecule has 1 N–H and O–H groups in total. The fourth-order valence-corrected chi connectivity index (χ4v) is 4.38. The van der Waals surface area contributed by atoms with Crippen molar-refractivity contribution >= 4 is 17.4 Å². The van der Waals surface area contributed by atoms with Crippen molar-refractivity contribution in [2.24, 2.45) is 0 Å². The van der Waals surface area contributed by atoms with Gasteiger partial charge in [-0.05, 0) is 43.2 Å².